The summed E-state index contributed by atoms with van der Waals surface area (Å²) in [4.78, 5) is 79.3. The minimum atomic E-state index is -1.36. The normalized spacial score (nSPS) is 17.4. The fourth-order valence-electron chi connectivity index (χ4n) is 3.65. The summed E-state index contributed by atoms with van der Waals surface area (Å²) in [6, 6.07) is -4.39. The minimum Gasteiger partial charge on any atom is -0.480 e. The van der Waals surface area contributed by atoms with Gasteiger partial charge in [-0.2, -0.15) is 0 Å². The Labute approximate surface area is 206 Å². The number of imidazole rings is 1. The number of carbonyl (C=O) groups excluding carboxylic acids is 5. The summed E-state index contributed by atoms with van der Waals surface area (Å²) in [7, 11) is 0. The highest BCUT2D eigenvalue weighted by Crippen LogP contribution is 2.08. The van der Waals surface area contributed by atoms with Gasteiger partial charge >= 0.3 is 5.97 Å². The molecule has 1 aromatic rings. The second kappa shape index (κ2) is 13.8. The second-order valence-electron chi connectivity index (χ2n) is 8.46. The predicted molar refractivity (Wildman–Crippen MR) is 124 cm³/mol. The molecule has 5 amide bonds. The van der Waals surface area contributed by atoms with Crippen LogP contribution in [0.5, 0.6) is 0 Å². The lowest BCUT2D eigenvalue weighted by molar-refractivity contribution is -0.142. The zero-order chi connectivity index (χ0) is 26.7. The Morgan fingerprint density at radius 1 is 0.972 bits per heavy atom. The van der Waals surface area contributed by atoms with Crippen molar-refractivity contribution in [2.75, 3.05) is 6.54 Å². The van der Waals surface area contributed by atoms with Crippen molar-refractivity contribution in [3.63, 3.8) is 0 Å². The molecule has 0 saturated carbocycles. The van der Waals surface area contributed by atoms with E-state index in [2.05, 4.69) is 31.2 Å². The number of carboxylic acids is 1. The van der Waals surface area contributed by atoms with Crippen LogP contribution < -0.4 is 32.7 Å². The van der Waals surface area contributed by atoms with Gasteiger partial charge in [0.2, 0.25) is 29.5 Å². The molecule has 0 bridgehead atoms. The highest BCUT2D eigenvalue weighted by Gasteiger charge is 2.32. The summed E-state index contributed by atoms with van der Waals surface area (Å²) >= 11 is 0. The number of nitrogens with zero attached hydrogens (tertiary/aromatic N) is 1. The summed E-state index contributed by atoms with van der Waals surface area (Å²) in [6.07, 6.45) is 3.18. The average molecular weight is 509 g/mol. The molecule has 0 radical (unpaired) electrons. The standard InChI is InChI=1S/C21H32N8O7/c22-16(30)5-3-13(27-18(32)12-2-1-7-25-12)19(33)28-14(4-6-17(23)31)20(34)29-15(21(35)36)8-11-9-24-10-26-11/h9-10,12-15,25H,1-8H2,(H2,22,30)(H2,23,31)(H,24,26)(H,27,32)(H,28,33)(H,29,34)(H,35,36). The van der Waals surface area contributed by atoms with Crippen LogP contribution in [0.4, 0.5) is 0 Å². The van der Waals surface area contributed by atoms with E-state index in [9.17, 15) is 33.9 Å². The van der Waals surface area contributed by atoms with Crippen molar-refractivity contribution in [3.05, 3.63) is 18.2 Å². The van der Waals surface area contributed by atoms with Gasteiger partial charge in [-0.25, -0.2) is 9.78 Å². The van der Waals surface area contributed by atoms with Gasteiger partial charge in [-0.05, 0) is 32.2 Å². The van der Waals surface area contributed by atoms with Gasteiger partial charge in [0.15, 0.2) is 0 Å². The molecule has 0 spiro atoms. The van der Waals surface area contributed by atoms with Crippen LogP contribution in [0.15, 0.2) is 12.5 Å². The van der Waals surface area contributed by atoms with E-state index in [1.54, 1.807) is 0 Å². The Kier molecular flexibility index (Phi) is 10.8. The number of rotatable bonds is 15. The van der Waals surface area contributed by atoms with Gasteiger partial charge in [0, 0.05) is 31.2 Å². The molecule has 2 rings (SSSR count). The average Bonchev–Trinajstić information content (AvgIpc) is 3.52. The maximum absolute atomic E-state index is 13.0. The van der Waals surface area contributed by atoms with Gasteiger partial charge in [-0.1, -0.05) is 0 Å². The molecular weight excluding hydrogens is 476 g/mol. The lowest BCUT2D eigenvalue weighted by atomic mass is 10.1. The van der Waals surface area contributed by atoms with Crippen LogP contribution in [0.2, 0.25) is 0 Å². The number of aromatic amines is 1. The number of hydrogen-bond donors (Lipinski definition) is 8. The number of aliphatic carboxylic acids is 1. The lowest BCUT2D eigenvalue weighted by Gasteiger charge is -2.25. The molecule has 4 atom stereocenters. The van der Waals surface area contributed by atoms with E-state index in [1.165, 1.54) is 12.5 Å². The van der Waals surface area contributed by atoms with Crippen molar-refractivity contribution in [1.82, 2.24) is 31.2 Å². The largest absolute Gasteiger partial charge is 0.480 e. The Morgan fingerprint density at radius 3 is 2.03 bits per heavy atom. The molecule has 1 saturated heterocycles. The molecule has 15 nitrogen and oxygen atoms in total. The summed E-state index contributed by atoms with van der Waals surface area (Å²) in [6.45, 7) is 0.648. The van der Waals surface area contributed by atoms with E-state index in [0.717, 1.165) is 6.42 Å². The molecule has 1 aliphatic rings. The van der Waals surface area contributed by atoms with Crippen LogP contribution in [0, 0.1) is 0 Å². The fraction of sp³-hybridized carbons (Fsp3) is 0.571. The van der Waals surface area contributed by atoms with Crippen molar-refractivity contribution in [2.45, 2.75) is 69.1 Å². The van der Waals surface area contributed by atoms with Gasteiger partial charge < -0.3 is 42.8 Å². The van der Waals surface area contributed by atoms with Crippen LogP contribution in [0.3, 0.4) is 0 Å². The molecule has 4 unspecified atom stereocenters. The molecule has 0 aliphatic carbocycles. The van der Waals surface area contributed by atoms with Crippen LogP contribution in [0.25, 0.3) is 0 Å². The maximum Gasteiger partial charge on any atom is 0.326 e. The molecule has 15 heteroatoms. The van der Waals surface area contributed by atoms with Gasteiger partial charge in [-0.3, -0.25) is 24.0 Å². The van der Waals surface area contributed by atoms with E-state index < -0.39 is 59.7 Å². The Morgan fingerprint density at radius 2 is 1.56 bits per heavy atom. The van der Waals surface area contributed by atoms with Crippen molar-refractivity contribution < 1.29 is 33.9 Å². The number of nitrogens with one attached hydrogen (secondary N) is 5. The van der Waals surface area contributed by atoms with Gasteiger partial charge in [-0.15, -0.1) is 0 Å². The molecule has 1 fully saturated rings. The Bertz CT molecular complexity index is 946. The third kappa shape index (κ3) is 9.32. The lowest BCUT2D eigenvalue weighted by Crippen LogP contribution is -2.57. The minimum absolute atomic E-state index is 0.108. The van der Waals surface area contributed by atoms with E-state index in [1.807, 2.05) is 0 Å². The zero-order valence-corrected chi connectivity index (χ0v) is 19.6. The SMILES string of the molecule is NC(=O)CCC(NC(=O)C(CCC(N)=O)NC(=O)C1CCCN1)C(=O)NC(Cc1cnc[nH]1)C(=O)O. The zero-order valence-electron chi connectivity index (χ0n) is 19.6. The number of H-pyrrole nitrogens is 1. The van der Waals surface area contributed by atoms with Crippen LogP contribution in [-0.2, 0) is 35.2 Å². The monoisotopic (exact) mass is 508 g/mol. The first-order valence-electron chi connectivity index (χ1n) is 11.5. The van der Waals surface area contributed by atoms with Gasteiger partial charge in [0.1, 0.15) is 18.1 Å². The number of carboxylic acid groups (broad SMARTS) is 1. The molecule has 0 aromatic carbocycles. The number of nitrogens with two attached hydrogens (primary N) is 2. The van der Waals surface area contributed by atoms with Crippen molar-refractivity contribution in [1.29, 1.82) is 0 Å². The molecule has 1 aliphatic heterocycles. The number of amides is 5. The molecule has 198 valence electrons. The first kappa shape index (κ1) is 28.2. The highest BCUT2D eigenvalue weighted by molar-refractivity contribution is 5.94. The summed E-state index contributed by atoms with van der Waals surface area (Å²) < 4.78 is 0. The van der Waals surface area contributed by atoms with Gasteiger partial charge in [0.05, 0.1) is 12.4 Å². The molecular formula is C21H32N8O7. The summed E-state index contributed by atoms with van der Waals surface area (Å²) in [5, 5.41) is 19.8. The fourth-order valence-corrected chi connectivity index (χ4v) is 3.65. The maximum atomic E-state index is 13.0. The number of carbonyl (C=O) groups is 6. The number of hydrogen-bond acceptors (Lipinski definition) is 8. The first-order valence-corrected chi connectivity index (χ1v) is 11.5. The van der Waals surface area contributed by atoms with E-state index in [-0.39, 0.29) is 32.1 Å². The first-order chi connectivity index (χ1) is 17.1. The molecule has 1 aromatic heterocycles. The number of aromatic nitrogens is 2. The Hall–Kier alpha value is -4.01. The summed E-state index contributed by atoms with van der Waals surface area (Å²) in [5.41, 5.74) is 10.8. The third-order valence-corrected chi connectivity index (χ3v) is 5.60. The van der Waals surface area contributed by atoms with Crippen molar-refractivity contribution in [3.8, 4) is 0 Å². The van der Waals surface area contributed by atoms with E-state index in [4.69, 9.17) is 11.5 Å². The quantitative estimate of drug-likeness (QED) is 0.118. The second-order valence-corrected chi connectivity index (χ2v) is 8.46. The third-order valence-electron chi connectivity index (χ3n) is 5.60. The van der Waals surface area contributed by atoms with Crippen LogP contribution in [0.1, 0.15) is 44.2 Å². The summed E-state index contributed by atoms with van der Waals surface area (Å²) in [5.74, 6) is -4.86. The van der Waals surface area contributed by atoms with Crippen LogP contribution >= 0.6 is 0 Å². The predicted octanol–water partition coefficient (Wildman–Crippen LogP) is -3.23. The molecule has 36 heavy (non-hydrogen) atoms. The van der Waals surface area contributed by atoms with E-state index in [0.29, 0.717) is 18.7 Å². The topological polar surface area (TPSA) is 251 Å². The molecule has 10 N–H and O–H groups in total. The van der Waals surface area contributed by atoms with E-state index >= 15 is 0 Å². The van der Waals surface area contributed by atoms with Crippen molar-refractivity contribution >= 4 is 35.5 Å². The smallest absolute Gasteiger partial charge is 0.326 e. The van der Waals surface area contributed by atoms with Crippen molar-refractivity contribution in [2.24, 2.45) is 11.5 Å². The number of primary amides is 2. The van der Waals surface area contributed by atoms with Crippen LogP contribution in [-0.4, -0.2) is 81.3 Å². The molecule has 2 heterocycles. The Balaban J connectivity index is 2.13. The van der Waals surface area contributed by atoms with Gasteiger partial charge in [0.25, 0.3) is 0 Å². The highest BCUT2D eigenvalue weighted by atomic mass is 16.4.